The molecule has 4 N–H and O–H groups in total. The lowest BCUT2D eigenvalue weighted by Crippen LogP contribution is -2.41. The molecule has 1 aromatic heterocycles. The standard InChI is InChI=1S/C21H22ClN5O2.C2HF3O2/c22-17-5-2-14(3-6-17)19(23)21(29)27-9-1-8-26(10-11-27)20(28)15-4-7-18-16(12-15)13-24-25-18;3-2(4,5)1(6)7/h2-7,12-13,19H,1,8-11,23H2,(H,24,25);(H,6,7). The Morgan fingerprint density at radius 2 is 1.64 bits per heavy atom. The second kappa shape index (κ2) is 11.4. The maximum atomic E-state index is 12.9. The Morgan fingerprint density at radius 3 is 2.28 bits per heavy atom. The van der Waals surface area contributed by atoms with Gasteiger partial charge in [0.1, 0.15) is 6.04 Å². The maximum absolute atomic E-state index is 12.9. The lowest BCUT2D eigenvalue weighted by Gasteiger charge is -2.25. The lowest BCUT2D eigenvalue weighted by atomic mass is 10.1. The number of H-pyrrole nitrogens is 1. The molecule has 0 aliphatic carbocycles. The van der Waals surface area contributed by atoms with Gasteiger partial charge in [-0.25, -0.2) is 4.79 Å². The number of nitrogens with zero attached hydrogens (tertiary/aromatic N) is 3. The van der Waals surface area contributed by atoms with Crippen molar-refractivity contribution < 1.29 is 32.7 Å². The van der Waals surface area contributed by atoms with E-state index in [-0.39, 0.29) is 11.8 Å². The summed E-state index contributed by atoms with van der Waals surface area (Å²) in [7, 11) is 0. The Bertz CT molecular complexity index is 1230. The van der Waals surface area contributed by atoms with Gasteiger partial charge in [0.15, 0.2) is 0 Å². The van der Waals surface area contributed by atoms with E-state index in [0.717, 1.165) is 16.5 Å². The first-order valence-electron chi connectivity index (χ1n) is 10.8. The molecular weight excluding hydrogens is 503 g/mol. The molecule has 0 radical (unpaired) electrons. The number of aliphatic carboxylic acids is 1. The highest BCUT2D eigenvalue weighted by Crippen LogP contribution is 2.19. The quantitative estimate of drug-likeness (QED) is 0.481. The van der Waals surface area contributed by atoms with Crippen molar-refractivity contribution in [3.8, 4) is 0 Å². The van der Waals surface area contributed by atoms with Crippen molar-refractivity contribution in [3.63, 3.8) is 0 Å². The van der Waals surface area contributed by atoms with E-state index in [1.54, 1.807) is 46.3 Å². The number of carboxylic acid groups (broad SMARTS) is 1. The molecule has 1 atom stereocenters. The number of nitrogens with one attached hydrogen (secondary N) is 1. The number of nitrogens with two attached hydrogens (primary N) is 1. The van der Waals surface area contributed by atoms with Gasteiger partial charge in [-0.3, -0.25) is 14.7 Å². The number of carboxylic acids is 1. The van der Waals surface area contributed by atoms with E-state index in [0.29, 0.717) is 43.2 Å². The Morgan fingerprint density at radius 1 is 1.03 bits per heavy atom. The van der Waals surface area contributed by atoms with Gasteiger partial charge in [-0.1, -0.05) is 23.7 Å². The fourth-order valence-corrected chi connectivity index (χ4v) is 3.73. The average molecular weight is 526 g/mol. The molecule has 1 unspecified atom stereocenters. The van der Waals surface area contributed by atoms with Crippen LogP contribution in [-0.2, 0) is 9.59 Å². The number of aromatic nitrogens is 2. The molecule has 1 fully saturated rings. The Balaban J connectivity index is 0.000000454. The smallest absolute Gasteiger partial charge is 0.475 e. The summed E-state index contributed by atoms with van der Waals surface area (Å²) in [6.07, 6.45) is -2.67. The largest absolute Gasteiger partial charge is 0.490 e. The number of hydrogen-bond donors (Lipinski definition) is 3. The summed E-state index contributed by atoms with van der Waals surface area (Å²) >= 11 is 5.91. The monoisotopic (exact) mass is 525 g/mol. The van der Waals surface area contributed by atoms with E-state index in [2.05, 4.69) is 10.2 Å². The van der Waals surface area contributed by atoms with E-state index in [1.807, 2.05) is 12.1 Å². The van der Waals surface area contributed by atoms with Crippen molar-refractivity contribution in [3.05, 3.63) is 64.8 Å². The summed E-state index contributed by atoms with van der Waals surface area (Å²) in [5.41, 5.74) is 8.42. The van der Waals surface area contributed by atoms with Gasteiger partial charge in [-0.2, -0.15) is 18.3 Å². The van der Waals surface area contributed by atoms with Gasteiger partial charge in [-0.15, -0.1) is 0 Å². The minimum Gasteiger partial charge on any atom is -0.475 e. The van der Waals surface area contributed by atoms with Crippen molar-refractivity contribution in [1.29, 1.82) is 0 Å². The third kappa shape index (κ3) is 6.73. The molecule has 2 amide bonds. The zero-order valence-electron chi connectivity index (χ0n) is 18.8. The molecule has 2 aromatic carbocycles. The fraction of sp³-hybridized carbons (Fsp3) is 0.304. The van der Waals surface area contributed by atoms with Crippen molar-refractivity contribution in [2.24, 2.45) is 5.73 Å². The van der Waals surface area contributed by atoms with Crippen molar-refractivity contribution >= 4 is 40.3 Å². The van der Waals surface area contributed by atoms with E-state index in [4.69, 9.17) is 27.2 Å². The maximum Gasteiger partial charge on any atom is 0.490 e. The zero-order chi connectivity index (χ0) is 26.5. The van der Waals surface area contributed by atoms with Crippen LogP contribution in [0.15, 0.2) is 48.7 Å². The molecule has 13 heteroatoms. The number of hydrogen-bond acceptors (Lipinski definition) is 5. The van der Waals surface area contributed by atoms with Gasteiger partial charge in [0, 0.05) is 42.2 Å². The van der Waals surface area contributed by atoms with Gasteiger partial charge in [0.25, 0.3) is 5.91 Å². The van der Waals surface area contributed by atoms with Gasteiger partial charge >= 0.3 is 12.1 Å². The molecule has 2 heterocycles. The van der Waals surface area contributed by atoms with Crippen LogP contribution in [0.1, 0.15) is 28.4 Å². The SMILES string of the molecule is NC(C(=O)N1CCCN(C(=O)c2ccc3[nH]ncc3c2)CC1)c1ccc(Cl)cc1.O=C(O)C(F)(F)F. The van der Waals surface area contributed by atoms with Crippen LogP contribution in [0.3, 0.4) is 0 Å². The molecule has 1 aliphatic rings. The second-order valence-corrected chi connectivity index (χ2v) is 8.41. The zero-order valence-corrected chi connectivity index (χ0v) is 19.6. The number of carbonyl (C=O) groups is 3. The molecule has 0 saturated carbocycles. The number of alkyl halides is 3. The van der Waals surface area contributed by atoms with Gasteiger partial charge in [0.05, 0.1) is 11.7 Å². The van der Waals surface area contributed by atoms with Crippen LogP contribution >= 0.6 is 11.6 Å². The summed E-state index contributed by atoms with van der Waals surface area (Å²) in [5, 5.41) is 15.5. The first-order valence-corrected chi connectivity index (χ1v) is 11.2. The molecular formula is C23H23ClF3N5O4. The number of aromatic amines is 1. The number of rotatable bonds is 3. The first-order chi connectivity index (χ1) is 17.0. The van der Waals surface area contributed by atoms with Crippen LogP contribution in [0.5, 0.6) is 0 Å². The molecule has 9 nitrogen and oxygen atoms in total. The number of halogens is 4. The Labute approximate surface area is 208 Å². The highest BCUT2D eigenvalue weighted by molar-refractivity contribution is 6.30. The summed E-state index contributed by atoms with van der Waals surface area (Å²) in [4.78, 5) is 38.2. The highest BCUT2D eigenvalue weighted by Gasteiger charge is 2.38. The number of carbonyl (C=O) groups excluding carboxylic acids is 2. The van der Waals surface area contributed by atoms with Crippen molar-refractivity contribution in [2.75, 3.05) is 26.2 Å². The molecule has 0 bridgehead atoms. The van der Waals surface area contributed by atoms with Crippen molar-refractivity contribution in [1.82, 2.24) is 20.0 Å². The van der Waals surface area contributed by atoms with Gasteiger partial charge < -0.3 is 20.6 Å². The summed E-state index contributed by atoms with van der Waals surface area (Å²) in [6, 6.07) is 11.7. The lowest BCUT2D eigenvalue weighted by molar-refractivity contribution is -0.192. The Hall–Kier alpha value is -3.64. The normalized spacial score (nSPS) is 15.0. The molecule has 1 saturated heterocycles. The van der Waals surface area contributed by atoms with Gasteiger partial charge in [0.2, 0.25) is 5.91 Å². The van der Waals surface area contributed by atoms with Crippen LogP contribution in [0.25, 0.3) is 10.9 Å². The topological polar surface area (TPSA) is 133 Å². The molecule has 36 heavy (non-hydrogen) atoms. The number of amides is 2. The summed E-state index contributed by atoms with van der Waals surface area (Å²) in [5.74, 6) is -2.93. The molecule has 1 aliphatic heterocycles. The molecule has 3 aromatic rings. The van der Waals surface area contributed by atoms with Crippen LogP contribution < -0.4 is 5.73 Å². The van der Waals surface area contributed by atoms with E-state index in [9.17, 15) is 22.8 Å². The average Bonchev–Trinajstić information content (AvgIpc) is 3.18. The molecule has 4 rings (SSSR count). The van der Waals surface area contributed by atoms with Crippen LogP contribution in [-0.4, -0.2) is 75.2 Å². The predicted molar refractivity (Wildman–Crippen MR) is 125 cm³/mol. The number of fused-ring (bicyclic) bond motifs is 1. The highest BCUT2D eigenvalue weighted by atomic mass is 35.5. The second-order valence-electron chi connectivity index (χ2n) is 7.98. The fourth-order valence-electron chi connectivity index (χ4n) is 3.61. The minimum atomic E-state index is -5.08. The van der Waals surface area contributed by atoms with Crippen molar-refractivity contribution in [2.45, 2.75) is 18.6 Å². The van der Waals surface area contributed by atoms with Crippen LogP contribution in [0, 0.1) is 0 Å². The third-order valence-corrected chi connectivity index (χ3v) is 5.77. The Kier molecular flexibility index (Phi) is 8.53. The molecule has 192 valence electrons. The minimum absolute atomic E-state index is 0.0376. The van der Waals surface area contributed by atoms with Gasteiger partial charge in [-0.05, 0) is 42.3 Å². The third-order valence-electron chi connectivity index (χ3n) is 5.52. The molecule has 0 spiro atoms. The summed E-state index contributed by atoms with van der Waals surface area (Å²) < 4.78 is 31.7. The number of benzene rings is 2. The van der Waals surface area contributed by atoms with E-state index >= 15 is 0 Å². The van der Waals surface area contributed by atoms with E-state index in [1.165, 1.54) is 0 Å². The van der Waals surface area contributed by atoms with Crippen LogP contribution in [0.4, 0.5) is 13.2 Å². The van der Waals surface area contributed by atoms with E-state index < -0.39 is 18.2 Å². The summed E-state index contributed by atoms with van der Waals surface area (Å²) in [6.45, 7) is 2.11. The first kappa shape index (κ1) is 27.0. The predicted octanol–water partition coefficient (Wildman–Crippen LogP) is 3.22. The van der Waals surface area contributed by atoms with Crippen LogP contribution in [0.2, 0.25) is 5.02 Å².